The molecular formula is C30H38FN5O2. The number of pyridine rings is 1. The highest BCUT2D eigenvalue weighted by atomic mass is 19.1. The number of halogens is 1. The first-order valence-corrected chi connectivity index (χ1v) is 13.9. The molecule has 2 saturated heterocycles. The molecule has 1 aromatic carbocycles. The maximum atomic E-state index is 14.5. The Hall–Kier alpha value is -2.84. The second-order valence-corrected chi connectivity index (χ2v) is 11.8. The Kier molecular flexibility index (Phi) is 6.51. The van der Waals surface area contributed by atoms with Crippen molar-refractivity contribution >= 4 is 22.5 Å². The number of nitrogens with one attached hydrogen (secondary N) is 1. The number of anilines is 1. The standard InChI is InChI=1S/C30H38FN5O2/c1-5-23-27(22-14-33-35(4)15-22)28(23)29(37)34-26-12-20-11-24(18(2)10-21(20)13-32-26)19-6-8-36(9-7-19)30(3)17-38-16-25(30)31/h10-15,19,23,25,27-28H,5-9,16-17H2,1-4H3,(H,32,34,37)/t23-,25+,27-,28-,30-/m0/s1. The van der Waals surface area contributed by atoms with E-state index >= 15 is 0 Å². The van der Waals surface area contributed by atoms with E-state index in [0.29, 0.717) is 24.3 Å². The van der Waals surface area contributed by atoms with E-state index in [1.807, 2.05) is 38.6 Å². The van der Waals surface area contributed by atoms with Crippen LogP contribution in [0.5, 0.6) is 0 Å². The first kappa shape index (κ1) is 25.4. The van der Waals surface area contributed by atoms with Gasteiger partial charge < -0.3 is 10.1 Å². The van der Waals surface area contributed by atoms with Gasteiger partial charge in [-0.1, -0.05) is 19.4 Å². The van der Waals surface area contributed by atoms with Gasteiger partial charge >= 0.3 is 0 Å². The van der Waals surface area contributed by atoms with Crippen molar-refractivity contribution in [1.29, 1.82) is 0 Å². The smallest absolute Gasteiger partial charge is 0.229 e. The predicted molar refractivity (Wildman–Crippen MR) is 146 cm³/mol. The van der Waals surface area contributed by atoms with Gasteiger partial charge in [-0.25, -0.2) is 9.37 Å². The lowest BCUT2D eigenvalue weighted by atomic mass is 9.83. The molecule has 0 bridgehead atoms. The van der Waals surface area contributed by atoms with E-state index in [1.54, 1.807) is 4.68 Å². The Morgan fingerprint density at radius 1 is 1.21 bits per heavy atom. The zero-order valence-corrected chi connectivity index (χ0v) is 22.8. The molecular weight excluding hydrogens is 481 g/mol. The van der Waals surface area contributed by atoms with Crippen molar-refractivity contribution < 1.29 is 13.9 Å². The van der Waals surface area contributed by atoms with Gasteiger partial charge in [-0.15, -0.1) is 0 Å². The monoisotopic (exact) mass is 519 g/mol. The van der Waals surface area contributed by atoms with Crippen molar-refractivity contribution in [3.8, 4) is 0 Å². The lowest BCUT2D eigenvalue weighted by Gasteiger charge is -2.43. The molecule has 3 fully saturated rings. The Balaban J connectivity index is 1.16. The largest absolute Gasteiger partial charge is 0.376 e. The number of hydrogen-bond acceptors (Lipinski definition) is 5. The lowest BCUT2D eigenvalue weighted by molar-refractivity contribution is -0.117. The van der Waals surface area contributed by atoms with Gasteiger partial charge in [0, 0.05) is 36.7 Å². The number of hydrogen-bond donors (Lipinski definition) is 1. The van der Waals surface area contributed by atoms with E-state index in [4.69, 9.17) is 4.74 Å². The second kappa shape index (κ2) is 9.72. The number of nitrogens with zero attached hydrogens (tertiary/aromatic N) is 4. The number of carbonyl (C=O) groups excluding carboxylic acids is 1. The number of likely N-dealkylation sites (tertiary alicyclic amines) is 1. The van der Waals surface area contributed by atoms with Gasteiger partial charge in [-0.05, 0) is 85.8 Å². The predicted octanol–water partition coefficient (Wildman–Crippen LogP) is 4.96. The number of piperidine rings is 1. The second-order valence-electron chi connectivity index (χ2n) is 11.8. The molecule has 0 spiro atoms. The molecule has 8 heteroatoms. The van der Waals surface area contributed by atoms with E-state index in [0.717, 1.165) is 48.7 Å². The average molecular weight is 520 g/mol. The summed E-state index contributed by atoms with van der Waals surface area (Å²) in [7, 11) is 1.91. The van der Waals surface area contributed by atoms with Crippen LogP contribution in [0.25, 0.3) is 10.8 Å². The number of alkyl halides is 1. The molecule has 6 rings (SSSR count). The fourth-order valence-electron chi connectivity index (χ4n) is 6.98. The van der Waals surface area contributed by atoms with Crippen LogP contribution in [0.15, 0.2) is 36.8 Å². The third-order valence-electron chi connectivity index (χ3n) is 9.40. The van der Waals surface area contributed by atoms with Gasteiger partial charge in [0.1, 0.15) is 12.0 Å². The number of aryl methyl sites for hydroxylation is 2. The van der Waals surface area contributed by atoms with Gasteiger partial charge in [-0.2, -0.15) is 5.10 Å². The van der Waals surface area contributed by atoms with Crippen molar-refractivity contribution in [3.63, 3.8) is 0 Å². The number of aromatic nitrogens is 3. The van der Waals surface area contributed by atoms with Crippen molar-refractivity contribution in [2.75, 3.05) is 31.6 Å². The summed E-state index contributed by atoms with van der Waals surface area (Å²) >= 11 is 0. The quantitative estimate of drug-likeness (QED) is 0.498. The van der Waals surface area contributed by atoms with Gasteiger partial charge in [-0.3, -0.25) is 14.4 Å². The molecule has 202 valence electrons. The van der Waals surface area contributed by atoms with Crippen LogP contribution < -0.4 is 5.32 Å². The fraction of sp³-hybridized carbons (Fsp3) is 0.567. The number of benzene rings is 1. The van der Waals surface area contributed by atoms with Crippen LogP contribution in [0.2, 0.25) is 0 Å². The summed E-state index contributed by atoms with van der Waals surface area (Å²) in [6, 6.07) is 6.47. The number of amides is 1. The maximum absolute atomic E-state index is 14.5. The van der Waals surface area contributed by atoms with E-state index in [1.165, 1.54) is 11.1 Å². The Bertz CT molecular complexity index is 1350. The van der Waals surface area contributed by atoms with Crippen LogP contribution in [0.3, 0.4) is 0 Å². The molecule has 38 heavy (non-hydrogen) atoms. The summed E-state index contributed by atoms with van der Waals surface area (Å²) in [5.74, 6) is 1.58. The van der Waals surface area contributed by atoms with Crippen molar-refractivity contribution in [2.24, 2.45) is 18.9 Å². The van der Waals surface area contributed by atoms with Gasteiger partial charge in [0.25, 0.3) is 0 Å². The molecule has 0 radical (unpaired) electrons. The van der Waals surface area contributed by atoms with Gasteiger partial charge in [0.15, 0.2) is 0 Å². The summed E-state index contributed by atoms with van der Waals surface area (Å²) in [6.45, 7) is 8.73. The summed E-state index contributed by atoms with van der Waals surface area (Å²) in [5, 5.41) is 9.55. The Morgan fingerprint density at radius 2 is 2.00 bits per heavy atom. The Morgan fingerprint density at radius 3 is 2.66 bits per heavy atom. The van der Waals surface area contributed by atoms with Crippen molar-refractivity contribution in [1.82, 2.24) is 19.7 Å². The molecule has 3 aliphatic rings. The highest BCUT2D eigenvalue weighted by Gasteiger charge is 2.54. The summed E-state index contributed by atoms with van der Waals surface area (Å²) in [4.78, 5) is 20.1. The van der Waals surface area contributed by atoms with E-state index < -0.39 is 11.7 Å². The molecule has 1 aliphatic carbocycles. The molecule has 3 aromatic rings. The average Bonchev–Trinajstić information content (AvgIpc) is 3.33. The summed E-state index contributed by atoms with van der Waals surface area (Å²) in [5.41, 5.74) is 3.23. The highest BCUT2D eigenvalue weighted by Crippen LogP contribution is 2.56. The first-order chi connectivity index (χ1) is 18.3. The van der Waals surface area contributed by atoms with Gasteiger partial charge in [0.2, 0.25) is 5.91 Å². The SMILES string of the molecule is CC[C@@H]1[C@H](C(=O)Nc2cc3cc(C4CCN([C@@]5(C)COC[C@H]5F)CC4)c(C)cc3cn2)[C@H]1c1cnn(C)c1. The van der Waals surface area contributed by atoms with Crippen LogP contribution in [0.1, 0.15) is 61.6 Å². The molecule has 0 unspecified atom stereocenters. The molecule has 2 aliphatic heterocycles. The number of carbonyl (C=O) groups is 1. The minimum Gasteiger partial charge on any atom is -0.376 e. The minimum absolute atomic E-state index is 0.0350. The minimum atomic E-state index is -0.925. The molecule has 7 nitrogen and oxygen atoms in total. The maximum Gasteiger partial charge on any atom is 0.229 e. The van der Waals surface area contributed by atoms with E-state index in [2.05, 4.69) is 46.3 Å². The van der Waals surface area contributed by atoms with Crippen LogP contribution in [0, 0.1) is 18.8 Å². The van der Waals surface area contributed by atoms with E-state index in [-0.39, 0.29) is 24.3 Å². The topological polar surface area (TPSA) is 72.3 Å². The summed E-state index contributed by atoms with van der Waals surface area (Å²) in [6.07, 6.45) is 7.78. The molecule has 1 N–H and O–H groups in total. The normalized spacial score (nSPS) is 30.1. The zero-order chi connectivity index (χ0) is 26.6. The zero-order valence-electron chi connectivity index (χ0n) is 22.8. The summed E-state index contributed by atoms with van der Waals surface area (Å²) < 4.78 is 21.8. The molecule has 1 amide bonds. The van der Waals surface area contributed by atoms with E-state index in [9.17, 15) is 9.18 Å². The van der Waals surface area contributed by atoms with Crippen molar-refractivity contribution in [2.45, 2.75) is 63.6 Å². The third kappa shape index (κ3) is 4.41. The van der Waals surface area contributed by atoms with Crippen LogP contribution in [0.4, 0.5) is 10.2 Å². The van der Waals surface area contributed by atoms with Gasteiger partial charge in [0.05, 0.1) is 24.9 Å². The van der Waals surface area contributed by atoms with Crippen LogP contribution in [-0.2, 0) is 16.6 Å². The van der Waals surface area contributed by atoms with Crippen LogP contribution in [-0.4, -0.2) is 63.6 Å². The molecule has 4 heterocycles. The molecule has 5 atom stereocenters. The fourth-order valence-corrected chi connectivity index (χ4v) is 6.98. The molecule has 1 saturated carbocycles. The third-order valence-corrected chi connectivity index (χ3v) is 9.40. The van der Waals surface area contributed by atoms with Crippen LogP contribution >= 0.6 is 0 Å². The Labute approximate surface area is 223 Å². The highest BCUT2D eigenvalue weighted by molar-refractivity contribution is 5.97. The van der Waals surface area contributed by atoms with Crippen molar-refractivity contribution in [3.05, 3.63) is 53.5 Å². The lowest BCUT2D eigenvalue weighted by Crippen LogP contribution is -2.55. The number of rotatable bonds is 6. The number of ether oxygens (including phenoxy) is 1. The molecule has 2 aromatic heterocycles. The first-order valence-electron chi connectivity index (χ1n) is 13.9. The number of fused-ring (bicyclic) bond motifs is 1.